The summed E-state index contributed by atoms with van der Waals surface area (Å²) in [5, 5.41) is 13.3. The molecule has 0 N–H and O–H groups in total. The molecule has 0 aromatic carbocycles. The van der Waals surface area contributed by atoms with E-state index in [0.29, 0.717) is 24.7 Å². The minimum atomic E-state index is -0.238. The number of carbonyl (C=O) groups excluding carboxylic acids is 1. The molecule has 2 aromatic heterocycles. The molecule has 0 unspecified atom stereocenters. The molecule has 8 nitrogen and oxygen atoms in total. The van der Waals surface area contributed by atoms with E-state index in [1.807, 2.05) is 36.9 Å². The number of likely N-dealkylation sites (tertiary alicyclic amines) is 1. The number of ketones is 1. The third-order valence-electron chi connectivity index (χ3n) is 4.93. The fraction of sp³-hybridized carbons (Fsp3) is 0.350. The third-order valence-corrected chi connectivity index (χ3v) is 4.93. The van der Waals surface area contributed by atoms with Gasteiger partial charge in [-0.3, -0.25) is 9.79 Å². The second-order valence-electron chi connectivity index (χ2n) is 6.82. The summed E-state index contributed by atoms with van der Waals surface area (Å²) in [5.41, 5.74) is 3.46. The molecule has 0 aliphatic carbocycles. The van der Waals surface area contributed by atoms with Gasteiger partial charge < -0.3 is 14.2 Å². The molecule has 1 saturated heterocycles. The summed E-state index contributed by atoms with van der Waals surface area (Å²) < 4.78 is 11.3. The maximum Gasteiger partial charge on any atom is 0.214 e. The van der Waals surface area contributed by atoms with E-state index in [2.05, 4.69) is 15.1 Å². The van der Waals surface area contributed by atoms with Crippen molar-refractivity contribution in [1.82, 2.24) is 15.0 Å². The number of carbonyl (C=O) groups is 1. The lowest BCUT2D eigenvalue weighted by molar-refractivity contribution is -0.114. The zero-order valence-corrected chi connectivity index (χ0v) is 15.7. The van der Waals surface area contributed by atoms with Gasteiger partial charge in [-0.05, 0) is 25.5 Å². The van der Waals surface area contributed by atoms with Crippen LogP contribution in [-0.4, -0.2) is 52.8 Å². The first-order valence-corrected chi connectivity index (χ1v) is 9.05. The van der Waals surface area contributed by atoms with Crippen LogP contribution in [0.5, 0.6) is 5.88 Å². The van der Waals surface area contributed by atoms with Crippen LogP contribution in [0.15, 0.2) is 39.1 Å². The Morgan fingerprint density at radius 1 is 1.39 bits per heavy atom. The molecule has 2 aromatic rings. The number of nitrogens with zero attached hydrogens (tertiary/aromatic N) is 5. The minimum absolute atomic E-state index is 0.0403. The van der Waals surface area contributed by atoms with Crippen LogP contribution in [0.4, 0.5) is 0 Å². The van der Waals surface area contributed by atoms with Crippen LogP contribution in [-0.2, 0) is 4.79 Å². The van der Waals surface area contributed by atoms with Crippen LogP contribution in [0, 0.1) is 25.2 Å². The zero-order valence-electron chi connectivity index (χ0n) is 15.7. The zero-order chi connectivity index (χ0) is 19.7. The number of allylic oxidation sites excluding steroid dienone is 1. The van der Waals surface area contributed by atoms with Gasteiger partial charge in [-0.2, -0.15) is 5.26 Å². The molecular formula is C20H19N5O3. The van der Waals surface area contributed by atoms with E-state index in [-0.39, 0.29) is 24.0 Å². The molecule has 2 aliphatic heterocycles. The van der Waals surface area contributed by atoms with E-state index in [1.165, 1.54) is 0 Å². The summed E-state index contributed by atoms with van der Waals surface area (Å²) in [5.74, 6) is 1.03. The Morgan fingerprint density at radius 3 is 3.00 bits per heavy atom. The van der Waals surface area contributed by atoms with Gasteiger partial charge in [0.25, 0.3) is 0 Å². The largest absolute Gasteiger partial charge is 0.472 e. The van der Waals surface area contributed by atoms with Gasteiger partial charge in [-0.1, -0.05) is 5.16 Å². The maximum absolute atomic E-state index is 11.9. The van der Waals surface area contributed by atoms with Gasteiger partial charge in [-0.15, -0.1) is 0 Å². The molecule has 0 amide bonds. The molecule has 0 radical (unpaired) electrons. The molecule has 4 heterocycles. The molecule has 1 atom stereocenters. The van der Waals surface area contributed by atoms with Crippen LogP contribution in [0.2, 0.25) is 0 Å². The number of hydrogen-bond donors (Lipinski definition) is 0. The van der Waals surface area contributed by atoms with Gasteiger partial charge in [0.1, 0.15) is 30.1 Å². The minimum Gasteiger partial charge on any atom is -0.472 e. The van der Waals surface area contributed by atoms with E-state index < -0.39 is 0 Å². The van der Waals surface area contributed by atoms with Crippen LogP contribution < -0.4 is 4.74 Å². The summed E-state index contributed by atoms with van der Waals surface area (Å²) >= 11 is 0. The second-order valence-corrected chi connectivity index (χ2v) is 6.82. The van der Waals surface area contributed by atoms with Gasteiger partial charge in [0.05, 0.1) is 17.9 Å². The average molecular weight is 377 g/mol. The van der Waals surface area contributed by atoms with Crippen LogP contribution in [0.1, 0.15) is 17.9 Å². The number of dihydropyridines is 1. The smallest absolute Gasteiger partial charge is 0.214 e. The Labute approximate surface area is 162 Å². The highest BCUT2D eigenvalue weighted by atomic mass is 16.5. The van der Waals surface area contributed by atoms with Crippen molar-refractivity contribution in [2.24, 2.45) is 4.99 Å². The van der Waals surface area contributed by atoms with E-state index in [9.17, 15) is 10.1 Å². The lowest BCUT2D eigenvalue weighted by Crippen LogP contribution is -2.29. The van der Waals surface area contributed by atoms with Crippen molar-refractivity contribution in [2.45, 2.75) is 26.4 Å². The molecule has 0 saturated carbocycles. The third kappa shape index (κ3) is 3.27. The van der Waals surface area contributed by atoms with E-state index in [0.717, 1.165) is 29.0 Å². The number of rotatable bonds is 4. The topological polar surface area (TPSA) is 105 Å². The SMILES string of the molecule is Cc1noc(C)c1-c1ccnc(O[C@@H]2CCN(C3=C(C#N)C(=O)CN=C3)C2)c1. The summed E-state index contributed by atoms with van der Waals surface area (Å²) in [7, 11) is 0. The highest BCUT2D eigenvalue weighted by molar-refractivity contribution is 6.08. The van der Waals surface area contributed by atoms with E-state index in [1.54, 1.807) is 12.4 Å². The normalized spacial score (nSPS) is 19.2. The Bertz CT molecular complexity index is 1010. The van der Waals surface area contributed by atoms with Crippen molar-refractivity contribution in [1.29, 1.82) is 5.26 Å². The fourth-order valence-electron chi connectivity index (χ4n) is 3.60. The number of pyridine rings is 1. The Hall–Kier alpha value is -3.47. The number of aryl methyl sites for hydroxylation is 2. The van der Waals surface area contributed by atoms with Crippen LogP contribution >= 0.6 is 0 Å². The Kier molecular flexibility index (Phi) is 4.65. The highest BCUT2D eigenvalue weighted by Crippen LogP contribution is 2.29. The van der Waals surface area contributed by atoms with Crippen molar-refractivity contribution in [3.8, 4) is 23.1 Å². The maximum atomic E-state index is 11.9. The van der Waals surface area contributed by atoms with E-state index in [4.69, 9.17) is 9.26 Å². The molecule has 1 fully saturated rings. The van der Waals surface area contributed by atoms with Crippen molar-refractivity contribution in [3.05, 3.63) is 41.1 Å². The second kappa shape index (κ2) is 7.27. The first kappa shape index (κ1) is 17.9. The van der Waals surface area contributed by atoms with Gasteiger partial charge in [-0.25, -0.2) is 4.98 Å². The lowest BCUT2D eigenvalue weighted by atomic mass is 10.1. The first-order valence-electron chi connectivity index (χ1n) is 9.05. The molecule has 2 aliphatic rings. The number of aromatic nitrogens is 2. The fourth-order valence-corrected chi connectivity index (χ4v) is 3.60. The molecule has 4 rings (SSSR count). The number of Topliss-reactive ketones (excluding diaryl/α,β-unsaturated/α-hetero) is 1. The van der Waals surface area contributed by atoms with Crippen molar-refractivity contribution in [2.75, 3.05) is 19.6 Å². The van der Waals surface area contributed by atoms with Crippen molar-refractivity contribution >= 4 is 12.0 Å². The Morgan fingerprint density at radius 2 is 2.25 bits per heavy atom. The predicted octanol–water partition coefficient (Wildman–Crippen LogP) is 2.24. The van der Waals surface area contributed by atoms with Gasteiger partial charge >= 0.3 is 0 Å². The molecular weight excluding hydrogens is 358 g/mol. The average Bonchev–Trinajstić information content (AvgIpc) is 3.28. The molecule has 0 bridgehead atoms. The van der Waals surface area contributed by atoms with Gasteiger partial charge in [0.15, 0.2) is 5.78 Å². The molecule has 28 heavy (non-hydrogen) atoms. The number of aliphatic imine (C=N–C) groups is 1. The molecule has 142 valence electrons. The molecule has 0 spiro atoms. The lowest BCUT2D eigenvalue weighted by Gasteiger charge is -2.22. The van der Waals surface area contributed by atoms with Crippen LogP contribution in [0.3, 0.4) is 0 Å². The predicted molar refractivity (Wildman–Crippen MR) is 101 cm³/mol. The monoisotopic (exact) mass is 377 g/mol. The van der Waals surface area contributed by atoms with E-state index >= 15 is 0 Å². The van der Waals surface area contributed by atoms with Gasteiger partial charge in [0.2, 0.25) is 5.88 Å². The highest BCUT2D eigenvalue weighted by Gasteiger charge is 2.30. The summed E-state index contributed by atoms with van der Waals surface area (Å²) in [6.45, 7) is 5.07. The molecule has 8 heteroatoms. The quantitative estimate of drug-likeness (QED) is 0.804. The number of nitriles is 1. The van der Waals surface area contributed by atoms with Crippen molar-refractivity contribution in [3.63, 3.8) is 0 Å². The summed E-state index contributed by atoms with van der Waals surface area (Å²) in [6.07, 6.45) is 3.98. The van der Waals surface area contributed by atoms with Crippen molar-refractivity contribution < 1.29 is 14.1 Å². The van der Waals surface area contributed by atoms with Gasteiger partial charge in [0, 0.05) is 37.0 Å². The van der Waals surface area contributed by atoms with Crippen LogP contribution in [0.25, 0.3) is 11.1 Å². The summed E-state index contributed by atoms with van der Waals surface area (Å²) in [6, 6.07) is 5.78. The number of ether oxygens (including phenoxy) is 1. The number of hydrogen-bond acceptors (Lipinski definition) is 8. The first-order chi connectivity index (χ1) is 13.6. The summed E-state index contributed by atoms with van der Waals surface area (Å²) in [4.78, 5) is 22.2. The Balaban J connectivity index is 1.50. The standard InChI is InChI=1S/C20H19N5O3/c1-12-20(13(2)28-24-12)14-3-5-23-19(7-14)27-15-4-6-25(11-15)17-9-22-10-18(26)16(17)8-21/h3,5,7,9,15H,4,6,10-11H2,1-2H3/t15-/m1/s1.